The molecule has 0 aromatic heterocycles. The van der Waals surface area contributed by atoms with Crippen LogP contribution in [0.25, 0.3) is 0 Å². The van der Waals surface area contributed by atoms with E-state index in [0.29, 0.717) is 10.7 Å². The molecule has 0 heterocycles. The molecule has 26 heavy (non-hydrogen) atoms. The van der Waals surface area contributed by atoms with E-state index in [1.54, 1.807) is 19.2 Å². The van der Waals surface area contributed by atoms with Crippen molar-refractivity contribution in [3.8, 4) is 5.75 Å². The first-order valence-corrected chi connectivity index (χ1v) is 8.80. The Morgan fingerprint density at radius 3 is 2.42 bits per heavy atom. The molecular formula is C20H24N2O3S. The second kappa shape index (κ2) is 9.20. The second-order valence-corrected chi connectivity index (χ2v) is 6.21. The van der Waals surface area contributed by atoms with Gasteiger partial charge in [-0.25, -0.2) is 4.79 Å². The van der Waals surface area contributed by atoms with E-state index in [0.717, 1.165) is 29.0 Å². The van der Waals surface area contributed by atoms with Gasteiger partial charge in [0, 0.05) is 5.69 Å². The quantitative estimate of drug-likeness (QED) is 0.585. The van der Waals surface area contributed by atoms with E-state index in [4.69, 9.17) is 21.7 Å². The Bertz CT molecular complexity index is 775. The molecule has 6 heteroatoms. The van der Waals surface area contributed by atoms with Crippen LogP contribution in [0, 0.1) is 6.92 Å². The predicted octanol–water partition coefficient (Wildman–Crippen LogP) is 4.23. The van der Waals surface area contributed by atoms with Gasteiger partial charge in [0.2, 0.25) is 0 Å². The van der Waals surface area contributed by atoms with E-state index in [1.165, 1.54) is 7.11 Å². The maximum Gasteiger partial charge on any atom is 0.338 e. The fraction of sp³-hybridized carbons (Fsp3) is 0.300. The zero-order valence-electron chi connectivity index (χ0n) is 15.5. The van der Waals surface area contributed by atoms with E-state index in [1.807, 2.05) is 37.3 Å². The van der Waals surface area contributed by atoms with Gasteiger partial charge in [0.1, 0.15) is 5.75 Å². The van der Waals surface area contributed by atoms with Gasteiger partial charge in [0.05, 0.1) is 25.8 Å². The molecule has 0 saturated heterocycles. The molecule has 2 N–H and O–H groups in total. The number of hydrogen-bond acceptors (Lipinski definition) is 4. The Balaban J connectivity index is 2.10. The van der Waals surface area contributed by atoms with Crippen LogP contribution in [0.5, 0.6) is 5.75 Å². The number of ether oxygens (including phenoxy) is 2. The summed E-state index contributed by atoms with van der Waals surface area (Å²) in [6.07, 6.45) is 0.870. The number of benzene rings is 2. The minimum Gasteiger partial charge on any atom is -0.497 e. The predicted molar refractivity (Wildman–Crippen MR) is 108 cm³/mol. The van der Waals surface area contributed by atoms with Gasteiger partial charge >= 0.3 is 5.97 Å². The first-order chi connectivity index (χ1) is 12.5. The number of hydrogen-bond donors (Lipinski definition) is 2. The third kappa shape index (κ3) is 4.73. The summed E-state index contributed by atoms with van der Waals surface area (Å²) in [5.74, 6) is 0.453. The van der Waals surface area contributed by atoms with Crippen LogP contribution in [0.4, 0.5) is 5.69 Å². The minimum atomic E-state index is -0.366. The van der Waals surface area contributed by atoms with E-state index in [-0.39, 0.29) is 12.0 Å². The van der Waals surface area contributed by atoms with Gasteiger partial charge in [0.25, 0.3) is 0 Å². The summed E-state index contributed by atoms with van der Waals surface area (Å²) in [4.78, 5) is 11.8. The highest BCUT2D eigenvalue weighted by atomic mass is 32.1. The van der Waals surface area contributed by atoms with Crippen molar-refractivity contribution in [2.45, 2.75) is 26.3 Å². The van der Waals surface area contributed by atoms with Crippen LogP contribution in [0.1, 0.15) is 40.9 Å². The minimum absolute atomic E-state index is 0.0741. The molecule has 0 amide bonds. The highest BCUT2D eigenvalue weighted by molar-refractivity contribution is 7.80. The molecule has 0 aliphatic rings. The molecule has 0 aliphatic heterocycles. The molecule has 0 bridgehead atoms. The first-order valence-electron chi connectivity index (χ1n) is 8.39. The van der Waals surface area contributed by atoms with Crippen molar-refractivity contribution < 1.29 is 14.3 Å². The zero-order valence-corrected chi connectivity index (χ0v) is 16.3. The maximum atomic E-state index is 11.8. The van der Waals surface area contributed by atoms with Crippen LogP contribution in [-0.4, -0.2) is 25.3 Å². The van der Waals surface area contributed by atoms with Gasteiger partial charge in [-0.1, -0.05) is 25.1 Å². The van der Waals surface area contributed by atoms with Crippen LogP contribution >= 0.6 is 12.2 Å². The summed E-state index contributed by atoms with van der Waals surface area (Å²) >= 11 is 5.46. The number of anilines is 1. The summed E-state index contributed by atoms with van der Waals surface area (Å²) in [7, 11) is 3.02. The lowest BCUT2D eigenvalue weighted by Crippen LogP contribution is -2.32. The summed E-state index contributed by atoms with van der Waals surface area (Å²) < 4.78 is 10.0. The molecule has 0 unspecified atom stereocenters. The van der Waals surface area contributed by atoms with Gasteiger partial charge in [-0.3, -0.25) is 0 Å². The van der Waals surface area contributed by atoms with Gasteiger partial charge in [0.15, 0.2) is 5.11 Å². The van der Waals surface area contributed by atoms with Crippen LogP contribution in [-0.2, 0) is 4.74 Å². The molecule has 2 aromatic rings. The number of methoxy groups -OCH3 is 2. The fourth-order valence-corrected chi connectivity index (χ4v) is 2.93. The van der Waals surface area contributed by atoms with E-state index < -0.39 is 0 Å². The largest absolute Gasteiger partial charge is 0.497 e. The molecule has 5 nitrogen and oxygen atoms in total. The lowest BCUT2D eigenvalue weighted by atomic mass is 10.0. The van der Waals surface area contributed by atoms with Crippen molar-refractivity contribution >= 4 is 29.0 Å². The number of carbonyl (C=O) groups is 1. The highest BCUT2D eigenvalue weighted by Crippen LogP contribution is 2.22. The Labute approximate surface area is 159 Å². The Morgan fingerprint density at radius 1 is 1.15 bits per heavy atom. The number of thiocarbonyl (C=S) groups is 1. The Morgan fingerprint density at radius 2 is 1.85 bits per heavy atom. The van der Waals surface area contributed by atoms with Crippen LogP contribution in [0.2, 0.25) is 0 Å². The average Bonchev–Trinajstić information content (AvgIpc) is 2.67. The third-order valence-electron chi connectivity index (χ3n) is 4.22. The van der Waals surface area contributed by atoms with Gasteiger partial charge in [-0.05, 0) is 61.0 Å². The highest BCUT2D eigenvalue weighted by Gasteiger charge is 2.14. The van der Waals surface area contributed by atoms with E-state index in [9.17, 15) is 4.79 Å². The number of esters is 1. The van der Waals surface area contributed by atoms with Crippen molar-refractivity contribution in [1.82, 2.24) is 5.32 Å². The fourth-order valence-electron chi connectivity index (χ4n) is 2.68. The molecule has 0 spiro atoms. The topological polar surface area (TPSA) is 59.6 Å². The van der Waals surface area contributed by atoms with Crippen molar-refractivity contribution in [2.75, 3.05) is 19.5 Å². The third-order valence-corrected chi connectivity index (χ3v) is 4.44. The van der Waals surface area contributed by atoms with Crippen molar-refractivity contribution in [1.29, 1.82) is 0 Å². The standard InChI is InChI=1S/C20H24N2O3S/c1-5-17(14-9-11-15(24-3)12-10-14)21-20(26)22-18-8-6-7-16(13(18)2)19(23)25-4/h6-12,17H,5H2,1-4H3,(H2,21,22,26)/t17-/m1/s1. The summed E-state index contributed by atoms with van der Waals surface area (Å²) in [6, 6.07) is 13.4. The van der Waals surface area contributed by atoms with Crippen molar-refractivity contribution in [3.63, 3.8) is 0 Å². The monoisotopic (exact) mass is 372 g/mol. The van der Waals surface area contributed by atoms with Gasteiger partial charge in [-0.15, -0.1) is 0 Å². The van der Waals surface area contributed by atoms with E-state index >= 15 is 0 Å². The molecule has 0 saturated carbocycles. The smallest absolute Gasteiger partial charge is 0.338 e. The Hall–Kier alpha value is -2.60. The lowest BCUT2D eigenvalue weighted by molar-refractivity contribution is 0.0600. The molecule has 0 aliphatic carbocycles. The molecular weight excluding hydrogens is 348 g/mol. The number of carbonyl (C=O) groups excluding carboxylic acids is 1. The van der Waals surface area contributed by atoms with Crippen LogP contribution in [0.15, 0.2) is 42.5 Å². The molecule has 2 aromatic carbocycles. The van der Waals surface area contributed by atoms with Crippen molar-refractivity contribution in [3.05, 3.63) is 59.2 Å². The maximum absolute atomic E-state index is 11.8. The summed E-state index contributed by atoms with van der Waals surface area (Å²) in [5.41, 5.74) is 3.20. The van der Waals surface area contributed by atoms with Gasteiger partial charge < -0.3 is 20.1 Å². The Kier molecular flexibility index (Phi) is 6.97. The molecule has 0 fully saturated rings. The normalized spacial score (nSPS) is 11.4. The number of rotatable bonds is 6. The lowest BCUT2D eigenvalue weighted by Gasteiger charge is -2.21. The van der Waals surface area contributed by atoms with Crippen LogP contribution < -0.4 is 15.4 Å². The first kappa shape index (κ1) is 19.7. The van der Waals surface area contributed by atoms with Crippen molar-refractivity contribution in [2.24, 2.45) is 0 Å². The summed E-state index contributed by atoms with van der Waals surface area (Å²) in [6.45, 7) is 3.95. The van der Waals surface area contributed by atoms with Gasteiger partial charge in [-0.2, -0.15) is 0 Å². The second-order valence-electron chi connectivity index (χ2n) is 5.80. The molecule has 2 rings (SSSR count). The molecule has 0 radical (unpaired) electrons. The SMILES string of the molecule is CC[C@@H](NC(=S)Nc1cccc(C(=O)OC)c1C)c1ccc(OC)cc1. The molecule has 1 atom stereocenters. The zero-order chi connectivity index (χ0) is 19.1. The average molecular weight is 372 g/mol. The van der Waals surface area contributed by atoms with Crippen LogP contribution in [0.3, 0.4) is 0 Å². The summed E-state index contributed by atoms with van der Waals surface area (Å²) in [5, 5.41) is 6.99. The number of nitrogens with one attached hydrogen (secondary N) is 2. The van der Waals surface area contributed by atoms with E-state index in [2.05, 4.69) is 17.6 Å². The molecule has 138 valence electrons.